The van der Waals surface area contributed by atoms with Crippen LogP contribution in [0.15, 0.2) is 22.8 Å². The molecule has 0 aromatic carbocycles. The Kier molecular flexibility index (Phi) is 3.74. The molecule has 0 saturated heterocycles. The van der Waals surface area contributed by atoms with Gasteiger partial charge in [0.25, 0.3) is 0 Å². The zero-order chi connectivity index (χ0) is 11.4. The maximum atomic E-state index is 5.23. The van der Waals surface area contributed by atoms with Gasteiger partial charge in [-0.05, 0) is 26.0 Å². The molecule has 16 heavy (non-hydrogen) atoms. The van der Waals surface area contributed by atoms with Crippen LogP contribution in [0.25, 0.3) is 0 Å². The Hall–Kier alpha value is -1.13. The minimum Gasteiger partial charge on any atom is -0.468 e. The highest BCUT2D eigenvalue weighted by Gasteiger charge is 2.03. The number of nitrogens with one attached hydrogen (secondary N) is 1. The van der Waals surface area contributed by atoms with Gasteiger partial charge in [-0.25, -0.2) is 4.98 Å². The highest BCUT2D eigenvalue weighted by Crippen LogP contribution is 2.16. The molecule has 0 aliphatic carbocycles. The van der Waals surface area contributed by atoms with Gasteiger partial charge in [0.1, 0.15) is 5.76 Å². The molecule has 0 saturated carbocycles. The molecule has 0 unspecified atom stereocenters. The van der Waals surface area contributed by atoms with Gasteiger partial charge in [0.2, 0.25) is 0 Å². The van der Waals surface area contributed by atoms with Crippen LogP contribution in [0.1, 0.15) is 21.3 Å². The van der Waals surface area contributed by atoms with Crippen LogP contribution in [0.4, 0.5) is 0 Å². The Morgan fingerprint density at radius 1 is 1.44 bits per heavy atom. The third-order valence-electron chi connectivity index (χ3n) is 2.47. The Bertz CT molecular complexity index is 414. The van der Waals surface area contributed by atoms with Crippen molar-refractivity contribution in [2.24, 2.45) is 0 Å². The van der Waals surface area contributed by atoms with E-state index in [9.17, 15) is 0 Å². The average molecular weight is 236 g/mol. The molecule has 0 atom stereocenters. The van der Waals surface area contributed by atoms with Crippen LogP contribution >= 0.6 is 11.3 Å². The average Bonchev–Trinajstić information content (AvgIpc) is 2.85. The molecule has 4 heteroatoms. The number of furan rings is 1. The van der Waals surface area contributed by atoms with E-state index in [1.807, 2.05) is 12.1 Å². The highest BCUT2D eigenvalue weighted by molar-refractivity contribution is 7.11. The van der Waals surface area contributed by atoms with Gasteiger partial charge in [-0.2, -0.15) is 0 Å². The van der Waals surface area contributed by atoms with Gasteiger partial charge in [-0.1, -0.05) is 0 Å². The Labute approximate surface area is 99.5 Å². The van der Waals surface area contributed by atoms with Crippen LogP contribution in [0, 0.1) is 13.8 Å². The molecule has 0 amide bonds. The molecule has 0 bridgehead atoms. The highest BCUT2D eigenvalue weighted by atomic mass is 32.1. The minimum absolute atomic E-state index is 0.788. The summed E-state index contributed by atoms with van der Waals surface area (Å²) in [4.78, 5) is 5.82. The molecule has 0 aliphatic rings. The van der Waals surface area contributed by atoms with E-state index >= 15 is 0 Å². The number of nitrogens with zero attached hydrogens (tertiary/aromatic N) is 1. The molecule has 0 radical (unpaired) electrons. The van der Waals surface area contributed by atoms with Crippen molar-refractivity contribution in [2.75, 3.05) is 6.54 Å². The third kappa shape index (κ3) is 2.93. The number of hydrogen-bond acceptors (Lipinski definition) is 4. The van der Waals surface area contributed by atoms with Gasteiger partial charge in [0.15, 0.2) is 0 Å². The normalized spacial score (nSPS) is 10.9. The summed E-state index contributed by atoms with van der Waals surface area (Å²) in [7, 11) is 0. The first kappa shape index (κ1) is 11.4. The quantitative estimate of drug-likeness (QED) is 0.811. The first-order valence-corrected chi connectivity index (χ1v) is 6.23. The summed E-state index contributed by atoms with van der Waals surface area (Å²) in [6, 6.07) is 3.88. The van der Waals surface area contributed by atoms with Crippen molar-refractivity contribution in [1.29, 1.82) is 0 Å². The fraction of sp³-hybridized carbons (Fsp3) is 0.417. The smallest absolute Gasteiger partial charge is 0.117 e. The molecule has 0 aliphatic heterocycles. The minimum atomic E-state index is 0.788. The molecule has 0 spiro atoms. The van der Waals surface area contributed by atoms with Crippen molar-refractivity contribution in [1.82, 2.24) is 10.3 Å². The second kappa shape index (κ2) is 5.27. The fourth-order valence-corrected chi connectivity index (χ4v) is 2.40. The molecule has 2 heterocycles. The van der Waals surface area contributed by atoms with Crippen molar-refractivity contribution in [3.05, 3.63) is 39.7 Å². The lowest BCUT2D eigenvalue weighted by atomic mass is 10.4. The zero-order valence-corrected chi connectivity index (χ0v) is 10.4. The van der Waals surface area contributed by atoms with Crippen LogP contribution in [0.3, 0.4) is 0 Å². The van der Waals surface area contributed by atoms with Gasteiger partial charge in [0, 0.05) is 17.8 Å². The molecule has 2 aromatic heterocycles. The van der Waals surface area contributed by atoms with Crippen molar-refractivity contribution in [3.8, 4) is 0 Å². The summed E-state index contributed by atoms with van der Waals surface area (Å²) >= 11 is 1.79. The van der Waals surface area contributed by atoms with E-state index in [0.29, 0.717) is 0 Å². The monoisotopic (exact) mass is 236 g/mol. The van der Waals surface area contributed by atoms with E-state index in [0.717, 1.165) is 31.0 Å². The fourth-order valence-electron chi connectivity index (χ4n) is 1.47. The summed E-state index contributed by atoms with van der Waals surface area (Å²) in [5, 5.41) is 4.55. The van der Waals surface area contributed by atoms with Gasteiger partial charge in [-0.15, -0.1) is 11.3 Å². The predicted molar refractivity (Wildman–Crippen MR) is 65.7 cm³/mol. The molecule has 1 N–H and O–H groups in total. The molecule has 2 aromatic rings. The van der Waals surface area contributed by atoms with E-state index in [4.69, 9.17) is 4.42 Å². The summed E-state index contributed by atoms with van der Waals surface area (Å²) in [6.07, 6.45) is 2.69. The maximum Gasteiger partial charge on any atom is 0.117 e. The molecular weight excluding hydrogens is 220 g/mol. The maximum absolute atomic E-state index is 5.23. The second-order valence-corrected chi connectivity index (χ2v) is 5.04. The van der Waals surface area contributed by atoms with Gasteiger partial charge in [-0.3, -0.25) is 0 Å². The topological polar surface area (TPSA) is 38.1 Å². The van der Waals surface area contributed by atoms with Crippen molar-refractivity contribution in [3.63, 3.8) is 0 Å². The SMILES string of the molecule is Cc1nc(CCNCc2ccco2)sc1C. The van der Waals surface area contributed by atoms with Gasteiger partial charge >= 0.3 is 0 Å². The van der Waals surface area contributed by atoms with E-state index in [1.54, 1.807) is 17.6 Å². The van der Waals surface area contributed by atoms with Gasteiger partial charge in [0.05, 0.1) is 23.5 Å². The molecule has 86 valence electrons. The second-order valence-electron chi connectivity index (χ2n) is 3.76. The summed E-state index contributed by atoms with van der Waals surface area (Å²) in [6.45, 7) is 5.90. The Morgan fingerprint density at radius 3 is 2.94 bits per heavy atom. The lowest BCUT2D eigenvalue weighted by molar-refractivity contribution is 0.484. The number of thiazole rings is 1. The van der Waals surface area contributed by atoms with Crippen molar-refractivity contribution >= 4 is 11.3 Å². The number of hydrogen-bond donors (Lipinski definition) is 1. The Morgan fingerprint density at radius 2 is 2.31 bits per heavy atom. The molecule has 2 rings (SSSR count). The number of rotatable bonds is 5. The predicted octanol–water partition coefficient (Wildman–Crippen LogP) is 2.69. The number of aromatic nitrogens is 1. The van der Waals surface area contributed by atoms with Crippen LogP contribution in [-0.2, 0) is 13.0 Å². The third-order valence-corrected chi connectivity index (χ3v) is 3.60. The van der Waals surface area contributed by atoms with E-state index in [-0.39, 0.29) is 0 Å². The lowest BCUT2D eigenvalue weighted by Gasteiger charge is -1.99. The Balaban J connectivity index is 1.72. The molecule has 3 nitrogen and oxygen atoms in total. The van der Waals surface area contributed by atoms with Crippen molar-refractivity contribution < 1.29 is 4.42 Å². The molecule has 0 fully saturated rings. The van der Waals surface area contributed by atoms with Crippen LogP contribution in [0.5, 0.6) is 0 Å². The van der Waals surface area contributed by atoms with E-state index in [2.05, 4.69) is 24.1 Å². The lowest BCUT2D eigenvalue weighted by Crippen LogP contribution is -2.16. The van der Waals surface area contributed by atoms with Crippen LogP contribution in [0.2, 0.25) is 0 Å². The summed E-state index contributed by atoms with van der Waals surface area (Å²) < 4.78 is 5.23. The summed E-state index contributed by atoms with van der Waals surface area (Å²) in [5.74, 6) is 0.978. The first-order chi connectivity index (χ1) is 7.75. The van der Waals surface area contributed by atoms with Crippen LogP contribution < -0.4 is 5.32 Å². The van der Waals surface area contributed by atoms with E-state index < -0.39 is 0 Å². The standard InChI is InChI=1S/C12H16N2OS/c1-9-10(2)16-12(14-9)5-6-13-8-11-4-3-7-15-11/h3-4,7,13H,5-6,8H2,1-2H3. The van der Waals surface area contributed by atoms with Gasteiger partial charge < -0.3 is 9.73 Å². The summed E-state index contributed by atoms with van der Waals surface area (Å²) in [5.41, 5.74) is 1.16. The van der Waals surface area contributed by atoms with E-state index in [1.165, 1.54) is 9.88 Å². The first-order valence-electron chi connectivity index (χ1n) is 5.41. The van der Waals surface area contributed by atoms with Crippen LogP contribution in [-0.4, -0.2) is 11.5 Å². The zero-order valence-electron chi connectivity index (χ0n) is 9.62. The molecular formula is C12H16N2OS. The van der Waals surface area contributed by atoms with Crippen molar-refractivity contribution in [2.45, 2.75) is 26.8 Å². The largest absolute Gasteiger partial charge is 0.468 e. The number of aryl methyl sites for hydroxylation is 2.